The van der Waals surface area contributed by atoms with Crippen molar-refractivity contribution in [3.63, 3.8) is 0 Å². The highest BCUT2D eigenvalue weighted by atomic mass is 15.1. The Morgan fingerprint density at radius 1 is 1.33 bits per heavy atom. The predicted molar refractivity (Wildman–Crippen MR) is 66.9 cm³/mol. The highest BCUT2D eigenvalue weighted by Gasteiger charge is 2.26. The first-order valence-electron chi connectivity index (χ1n) is 6.52. The topological polar surface area (TPSA) is 29.3 Å². The Bertz CT molecular complexity index is 173. The molecule has 0 spiro atoms. The van der Waals surface area contributed by atoms with Crippen LogP contribution in [-0.2, 0) is 0 Å². The van der Waals surface area contributed by atoms with Crippen molar-refractivity contribution in [2.24, 2.45) is 17.1 Å². The minimum Gasteiger partial charge on any atom is -0.330 e. The molecular weight excluding hydrogens is 184 g/mol. The van der Waals surface area contributed by atoms with E-state index in [1.165, 1.54) is 45.3 Å². The van der Waals surface area contributed by atoms with E-state index in [0.717, 1.165) is 12.5 Å². The molecule has 2 N–H and O–H groups in total. The fourth-order valence-corrected chi connectivity index (χ4v) is 2.61. The molecule has 90 valence electrons. The molecule has 15 heavy (non-hydrogen) atoms. The second-order valence-corrected chi connectivity index (χ2v) is 5.72. The van der Waals surface area contributed by atoms with Crippen LogP contribution in [0, 0.1) is 11.3 Å². The molecular formula is C13H28N2. The zero-order valence-electron chi connectivity index (χ0n) is 10.8. The van der Waals surface area contributed by atoms with E-state index in [1.54, 1.807) is 0 Å². The Kier molecular flexibility index (Phi) is 5.07. The van der Waals surface area contributed by atoms with E-state index < -0.39 is 0 Å². The lowest BCUT2D eigenvalue weighted by atomic mass is 9.84. The van der Waals surface area contributed by atoms with Crippen LogP contribution < -0.4 is 5.73 Å². The van der Waals surface area contributed by atoms with E-state index in [9.17, 15) is 0 Å². The van der Waals surface area contributed by atoms with Crippen LogP contribution in [0.1, 0.15) is 46.5 Å². The summed E-state index contributed by atoms with van der Waals surface area (Å²) in [5.74, 6) is 0.927. The minimum atomic E-state index is 0.343. The number of piperidine rings is 1. The van der Waals surface area contributed by atoms with Gasteiger partial charge in [-0.15, -0.1) is 0 Å². The molecule has 1 heterocycles. The van der Waals surface area contributed by atoms with Crippen LogP contribution in [0.5, 0.6) is 0 Å². The summed E-state index contributed by atoms with van der Waals surface area (Å²) in [7, 11) is 0. The molecule has 0 radical (unpaired) electrons. The van der Waals surface area contributed by atoms with Crippen molar-refractivity contribution in [1.82, 2.24) is 4.90 Å². The molecule has 1 aliphatic rings. The maximum absolute atomic E-state index is 5.91. The number of nitrogens with zero attached hydrogens (tertiary/aromatic N) is 1. The van der Waals surface area contributed by atoms with Crippen LogP contribution in [0.4, 0.5) is 0 Å². The zero-order chi connectivity index (χ0) is 11.3. The molecule has 0 aromatic rings. The van der Waals surface area contributed by atoms with Crippen LogP contribution in [0.15, 0.2) is 0 Å². The third kappa shape index (κ3) is 4.12. The van der Waals surface area contributed by atoms with E-state index in [4.69, 9.17) is 5.73 Å². The van der Waals surface area contributed by atoms with Gasteiger partial charge in [0.25, 0.3) is 0 Å². The first-order chi connectivity index (χ1) is 7.09. The Hall–Kier alpha value is -0.0800. The number of hydrogen-bond acceptors (Lipinski definition) is 2. The molecule has 0 aliphatic carbocycles. The normalized spacial score (nSPS) is 24.0. The summed E-state index contributed by atoms with van der Waals surface area (Å²) in [6, 6.07) is 0. The van der Waals surface area contributed by atoms with Gasteiger partial charge in [0.15, 0.2) is 0 Å². The second-order valence-electron chi connectivity index (χ2n) is 5.72. The van der Waals surface area contributed by atoms with Gasteiger partial charge in [-0.2, -0.15) is 0 Å². The summed E-state index contributed by atoms with van der Waals surface area (Å²) in [5.41, 5.74) is 6.25. The molecule has 0 bridgehead atoms. The molecule has 0 aromatic heterocycles. The second kappa shape index (κ2) is 5.86. The standard InChI is InChI=1S/C13H28N2/c1-4-7-13(3,10-14)11-15-8-5-12(2)6-9-15/h12H,4-11,14H2,1-3H3. The molecule has 2 heteroatoms. The summed E-state index contributed by atoms with van der Waals surface area (Å²) in [6.07, 6.45) is 5.24. The molecule has 1 rings (SSSR count). The van der Waals surface area contributed by atoms with Crippen molar-refractivity contribution >= 4 is 0 Å². The SMILES string of the molecule is CCCC(C)(CN)CN1CCC(C)CC1. The molecule has 1 unspecified atom stereocenters. The monoisotopic (exact) mass is 212 g/mol. The van der Waals surface area contributed by atoms with E-state index in [1.807, 2.05) is 0 Å². The van der Waals surface area contributed by atoms with Gasteiger partial charge in [0.05, 0.1) is 0 Å². The molecule has 0 amide bonds. The van der Waals surface area contributed by atoms with Gasteiger partial charge in [-0.3, -0.25) is 0 Å². The Morgan fingerprint density at radius 3 is 2.40 bits per heavy atom. The predicted octanol–water partition coefficient (Wildman–Crippen LogP) is 2.48. The average Bonchev–Trinajstić information content (AvgIpc) is 2.22. The van der Waals surface area contributed by atoms with Gasteiger partial charge in [-0.05, 0) is 50.2 Å². The van der Waals surface area contributed by atoms with Gasteiger partial charge in [0.2, 0.25) is 0 Å². The molecule has 0 saturated carbocycles. The van der Waals surface area contributed by atoms with Crippen LogP contribution in [-0.4, -0.2) is 31.1 Å². The molecule has 1 atom stereocenters. The Balaban J connectivity index is 2.38. The molecule has 1 aliphatic heterocycles. The van der Waals surface area contributed by atoms with Gasteiger partial charge >= 0.3 is 0 Å². The first-order valence-corrected chi connectivity index (χ1v) is 6.52. The van der Waals surface area contributed by atoms with Crippen LogP contribution >= 0.6 is 0 Å². The highest BCUT2D eigenvalue weighted by Crippen LogP contribution is 2.26. The van der Waals surface area contributed by atoms with E-state index in [0.29, 0.717) is 5.41 Å². The van der Waals surface area contributed by atoms with Gasteiger partial charge in [0.1, 0.15) is 0 Å². The number of rotatable bonds is 5. The number of likely N-dealkylation sites (tertiary alicyclic amines) is 1. The smallest absolute Gasteiger partial charge is 0.00474 e. The largest absolute Gasteiger partial charge is 0.330 e. The maximum Gasteiger partial charge on any atom is 0.00474 e. The minimum absolute atomic E-state index is 0.343. The summed E-state index contributed by atoms with van der Waals surface area (Å²) >= 11 is 0. The van der Waals surface area contributed by atoms with Crippen molar-refractivity contribution in [3.8, 4) is 0 Å². The molecule has 0 aromatic carbocycles. The summed E-state index contributed by atoms with van der Waals surface area (Å²) in [5, 5.41) is 0. The third-order valence-electron chi connectivity index (χ3n) is 3.83. The Morgan fingerprint density at radius 2 is 1.93 bits per heavy atom. The number of nitrogens with two attached hydrogens (primary N) is 1. The van der Waals surface area contributed by atoms with Crippen LogP contribution in [0.3, 0.4) is 0 Å². The summed E-state index contributed by atoms with van der Waals surface area (Å²) < 4.78 is 0. The van der Waals surface area contributed by atoms with E-state index in [2.05, 4.69) is 25.7 Å². The maximum atomic E-state index is 5.91. The molecule has 1 saturated heterocycles. The molecule has 1 fully saturated rings. The molecule has 2 nitrogen and oxygen atoms in total. The highest BCUT2D eigenvalue weighted by molar-refractivity contribution is 4.81. The lowest BCUT2D eigenvalue weighted by Crippen LogP contribution is -2.43. The zero-order valence-corrected chi connectivity index (χ0v) is 10.8. The Labute approximate surface area is 95.2 Å². The van der Waals surface area contributed by atoms with Gasteiger partial charge < -0.3 is 10.6 Å². The third-order valence-corrected chi connectivity index (χ3v) is 3.83. The quantitative estimate of drug-likeness (QED) is 0.758. The fraction of sp³-hybridized carbons (Fsp3) is 1.00. The average molecular weight is 212 g/mol. The van der Waals surface area contributed by atoms with Gasteiger partial charge in [-0.25, -0.2) is 0 Å². The van der Waals surface area contributed by atoms with E-state index >= 15 is 0 Å². The lowest BCUT2D eigenvalue weighted by molar-refractivity contribution is 0.120. The van der Waals surface area contributed by atoms with Crippen molar-refractivity contribution in [2.75, 3.05) is 26.2 Å². The van der Waals surface area contributed by atoms with Crippen molar-refractivity contribution in [3.05, 3.63) is 0 Å². The van der Waals surface area contributed by atoms with Crippen molar-refractivity contribution in [2.45, 2.75) is 46.5 Å². The van der Waals surface area contributed by atoms with Crippen molar-refractivity contribution < 1.29 is 0 Å². The van der Waals surface area contributed by atoms with Gasteiger partial charge in [0, 0.05) is 6.54 Å². The van der Waals surface area contributed by atoms with Crippen LogP contribution in [0.25, 0.3) is 0 Å². The van der Waals surface area contributed by atoms with Crippen LogP contribution in [0.2, 0.25) is 0 Å². The van der Waals surface area contributed by atoms with Crippen molar-refractivity contribution in [1.29, 1.82) is 0 Å². The summed E-state index contributed by atoms with van der Waals surface area (Å²) in [6.45, 7) is 11.5. The fourth-order valence-electron chi connectivity index (χ4n) is 2.61. The lowest BCUT2D eigenvalue weighted by Gasteiger charge is -2.38. The first kappa shape index (κ1) is 13.0. The van der Waals surface area contributed by atoms with E-state index in [-0.39, 0.29) is 0 Å². The van der Waals surface area contributed by atoms with Gasteiger partial charge in [-0.1, -0.05) is 27.2 Å². The number of hydrogen-bond donors (Lipinski definition) is 1. The summed E-state index contributed by atoms with van der Waals surface area (Å²) in [4.78, 5) is 2.61.